The number of aryl methyl sites for hydroxylation is 1. The monoisotopic (exact) mass is 221 g/mol. The van der Waals surface area contributed by atoms with Crippen LogP contribution in [0.5, 0.6) is 0 Å². The van der Waals surface area contributed by atoms with Crippen molar-refractivity contribution in [3.63, 3.8) is 0 Å². The average Bonchev–Trinajstić information content (AvgIpc) is 2.55. The highest BCUT2D eigenvalue weighted by Crippen LogP contribution is 2.23. The minimum atomic E-state index is 0.551. The number of piperidine rings is 1. The predicted octanol–water partition coefficient (Wildman–Crippen LogP) is 2.38. The second-order valence-corrected chi connectivity index (χ2v) is 4.99. The van der Waals surface area contributed by atoms with Gasteiger partial charge in [-0.05, 0) is 45.6 Å². The lowest BCUT2D eigenvalue weighted by Crippen LogP contribution is -2.38. The quantitative estimate of drug-likeness (QED) is 0.831. The molecule has 2 rings (SSSR count). The van der Waals surface area contributed by atoms with Crippen LogP contribution in [-0.4, -0.2) is 22.4 Å². The molecule has 1 N–H and O–H groups in total. The Bertz CT molecular complexity index is 359. The minimum absolute atomic E-state index is 0.551. The van der Waals surface area contributed by atoms with E-state index in [1.807, 2.05) is 0 Å². The first kappa shape index (κ1) is 11.6. The van der Waals surface area contributed by atoms with Crippen molar-refractivity contribution in [1.82, 2.24) is 15.1 Å². The molecular formula is C13H23N3. The number of nitrogens with one attached hydrogen (secondary N) is 1. The van der Waals surface area contributed by atoms with E-state index in [9.17, 15) is 0 Å². The third kappa shape index (κ3) is 2.01. The molecule has 2 heterocycles. The summed E-state index contributed by atoms with van der Waals surface area (Å²) in [4.78, 5) is 0. The van der Waals surface area contributed by atoms with Crippen LogP contribution in [0.1, 0.15) is 49.7 Å². The summed E-state index contributed by atoms with van der Waals surface area (Å²) in [6, 6.07) is 1.22. The summed E-state index contributed by atoms with van der Waals surface area (Å²) in [5.41, 5.74) is 4.00. The lowest BCUT2D eigenvalue weighted by atomic mass is 10.0. The fraction of sp³-hybridized carbons (Fsp3) is 0.769. The molecule has 1 aliphatic rings. The zero-order valence-electron chi connectivity index (χ0n) is 10.9. The molecule has 16 heavy (non-hydrogen) atoms. The van der Waals surface area contributed by atoms with Crippen LogP contribution < -0.4 is 5.32 Å². The molecule has 0 saturated carbocycles. The van der Waals surface area contributed by atoms with Crippen LogP contribution >= 0.6 is 0 Å². The second-order valence-electron chi connectivity index (χ2n) is 4.99. The molecule has 90 valence electrons. The Morgan fingerprint density at radius 2 is 2.12 bits per heavy atom. The molecular weight excluding hydrogens is 198 g/mol. The largest absolute Gasteiger partial charge is 0.312 e. The van der Waals surface area contributed by atoms with Gasteiger partial charge in [-0.15, -0.1) is 0 Å². The van der Waals surface area contributed by atoms with Crippen LogP contribution in [-0.2, 0) is 6.42 Å². The summed E-state index contributed by atoms with van der Waals surface area (Å²) < 4.78 is 2.24. The number of hydrogen-bond donors (Lipinski definition) is 1. The van der Waals surface area contributed by atoms with Gasteiger partial charge in [-0.3, -0.25) is 4.68 Å². The normalized spacial score (nSPS) is 26.0. The lowest BCUT2D eigenvalue weighted by Gasteiger charge is -2.28. The van der Waals surface area contributed by atoms with E-state index in [1.165, 1.54) is 29.8 Å². The number of aromatic nitrogens is 2. The topological polar surface area (TPSA) is 29.9 Å². The Hall–Kier alpha value is -0.830. The zero-order valence-corrected chi connectivity index (χ0v) is 10.9. The molecule has 1 aromatic heterocycles. The smallest absolute Gasteiger partial charge is 0.0647 e. The highest BCUT2D eigenvalue weighted by molar-refractivity contribution is 5.24. The van der Waals surface area contributed by atoms with Crippen LogP contribution in [0.15, 0.2) is 0 Å². The van der Waals surface area contributed by atoms with Crippen molar-refractivity contribution in [3.8, 4) is 0 Å². The SMILES string of the molecule is CCc1c(C)nn(C2CCC(C)NC2)c1C. The molecule has 0 radical (unpaired) electrons. The van der Waals surface area contributed by atoms with Crippen molar-refractivity contribution in [2.75, 3.05) is 6.54 Å². The van der Waals surface area contributed by atoms with Gasteiger partial charge in [0, 0.05) is 18.3 Å². The molecule has 1 saturated heterocycles. The molecule has 0 spiro atoms. The summed E-state index contributed by atoms with van der Waals surface area (Å²) in [6.45, 7) is 9.86. The molecule has 1 fully saturated rings. The minimum Gasteiger partial charge on any atom is -0.312 e. The maximum absolute atomic E-state index is 4.71. The summed E-state index contributed by atoms with van der Waals surface area (Å²) in [5.74, 6) is 0. The molecule has 0 aliphatic carbocycles. The Labute approximate surface area is 98.2 Å². The Balaban J connectivity index is 2.21. The summed E-state index contributed by atoms with van der Waals surface area (Å²) in [5, 5.41) is 8.25. The molecule has 2 unspecified atom stereocenters. The van der Waals surface area contributed by atoms with E-state index in [-0.39, 0.29) is 0 Å². The molecule has 2 atom stereocenters. The van der Waals surface area contributed by atoms with Crippen LogP contribution in [0, 0.1) is 13.8 Å². The molecule has 3 heteroatoms. The third-order valence-electron chi connectivity index (χ3n) is 3.81. The molecule has 0 aromatic carbocycles. The first-order valence-electron chi connectivity index (χ1n) is 6.41. The van der Waals surface area contributed by atoms with Gasteiger partial charge >= 0.3 is 0 Å². The van der Waals surface area contributed by atoms with Gasteiger partial charge in [0.1, 0.15) is 0 Å². The van der Waals surface area contributed by atoms with E-state index < -0.39 is 0 Å². The van der Waals surface area contributed by atoms with Crippen LogP contribution in [0.2, 0.25) is 0 Å². The summed E-state index contributed by atoms with van der Waals surface area (Å²) >= 11 is 0. The first-order valence-corrected chi connectivity index (χ1v) is 6.41. The van der Waals surface area contributed by atoms with Crippen LogP contribution in [0.25, 0.3) is 0 Å². The van der Waals surface area contributed by atoms with Crippen molar-refractivity contribution in [2.45, 2.75) is 59.0 Å². The van der Waals surface area contributed by atoms with Gasteiger partial charge in [0.25, 0.3) is 0 Å². The van der Waals surface area contributed by atoms with E-state index in [0.29, 0.717) is 12.1 Å². The summed E-state index contributed by atoms with van der Waals surface area (Å²) in [7, 11) is 0. The molecule has 1 aromatic rings. The van der Waals surface area contributed by atoms with Gasteiger partial charge in [-0.2, -0.15) is 5.10 Å². The third-order valence-corrected chi connectivity index (χ3v) is 3.81. The number of nitrogens with zero attached hydrogens (tertiary/aromatic N) is 2. The lowest BCUT2D eigenvalue weighted by molar-refractivity contribution is 0.299. The van der Waals surface area contributed by atoms with Crippen LogP contribution in [0.3, 0.4) is 0 Å². The van der Waals surface area contributed by atoms with Crippen LogP contribution in [0.4, 0.5) is 0 Å². The standard InChI is InChI=1S/C13H23N3/c1-5-13-10(3)15-16(11(13)4)12-7-6-9(2)14-8-12/h9,12,14H,5-8H2,1-4H3. The fourth-order valence-corrected chi connectivity index (χ4v) is 2.76. The van der Waals surface area contributed by atoms with Gasteiger partial charge in [0.05, 0.1) is 11.7 Å². The van der Waals surface area contributed by atoms with Crippen molar-refractivity contribution >= 4 is 0 Å². The van der Waals surface area contributed by atoms with Gasteiger partial charge < -0.3 is 5.32 Å². The number of hydrogen-bond acceptors (Lipinski definition) is 2. The van der Waals surface area contributed by atoms with E-state index in [1.54, 1.807) is 0 Å². The maximum atomic E-state index is 4.71. The average molecular weight is 221 g/mol. The Morgan fingerprint density at radius 3 is 2.62 bits per heavy atom. The maximum Gasteiger partial charge on any atom is 0.0647 e. The highest BCUT2D eigenvalue weighted by atomic mass is 15.3. The van der Waals surface area contributed by atoms with E-state index >= 15 is 0 Å². The van der Waals surface area contributed by atoms with Crippen molar-refractivity contribution in [2.24, 2.45) is 0 Å². The van der Waals surface area contributed by atoms with E-state index in [0.717, 1.165) is 13.0 Å². The van der Waals surface area contributed by atoms with Gasteiger partial charge in [-0.25, -0.2) is 0 Å². The predicted molar refractivity (Wildman–Crippen MR) is 66.8 cm³/mol. The first-order chi connectivity index (χ1) is 7.63. The number of rotatable bonds is 2. The Morgan fingerprint density at radius 1 is 1.38 bits per heavy atom. The fourth-order valence-electron chi connectivity index (χ4n) is 2.76. The highest BCUT2D eigenvalue weighted by Gasteiger charge is 2.22. The Kier molecular flexibility index (Phi) is 3.33. The van der Waals surface area contributed by atoms with Gasteiger partial charge in [0.15, 0.2) is 0 Å². The second kappa shape index (κ2) is 4.58. The zero-order chi connectivity index (χ0) is 11.7. The van der Waals surface area contributed by atoms with Crippen molar-refractivity contribution in [1.29, 1.82) is 0 Å². The molecule has 3 nitrogen and oxygen atoms in total. The van der Waals surface area contributed by atoms with Crippen molar-refractivity contribution in [3.05, 3.63) is 17.0 Å². The van der Waals surface area contributed by atoms with E-state index in [4.69, 9.17) is 5.10 Å². The van der Waals surface area contributed by atoms with Gasteiger partial charge in [-0.1, -0.05) is 6.92 Å². The van der Waals surface area contributed by atoms with Gasteiger partial charge in [0.2, 0.25) is 0 Å². The molecule has 1 aliphatic heterocycles. The molecule has 0 amide bonds. The van der Waals surface area contributed by atoms with E-state index in [2.05, 4.69) is 37.7 Å². The molecule has 0 bridgehead atoms. The summed E-state index contributed by atoms with van der Waals surface area (Å²) in [6.07, 6.45) is 3.60. The van der Waals surface area contributed by atoms with Crippen molar-refractivity contribution < 1.29 is 0 Å².